The Bertz CT molecular complexity index is 577. The van der Waals surface area contributed by atoms with Crippen LogP contribution in [0.4, 0.5) is 5.69 Å². The number of nitrogen functional groups attached to an aromatic ring is 1. The monoisotopic (exact) mass is 306 g/mol. The minimum absolute atomic E-state index is 0.246. The van der Waals surface area contributed by atoms with E-state index in [1.54, 1.807) is 24.3 Å². The van der Waals surface area contributed by atoms with E-state index in [1.807, 2.05) is 0 Å². The van der Waals surface area contributed by atoms with Crippen LogP contribution in [0.15, 0.2) is 24.3 Å². The van der Waals surface area contributed by atoms with Crippen molar-refractivity contribution in [3.63, 3.8) is 0 Å². The quantitative estimate of drug-likeness (QED) is 0.281. The van der Waals surface area contributed by atoms with E-state index >= 15 is 0 Å². The van der Waals surface area contributed by atoms with E-state index in [0.717, 1.165) is 0 Å². The highest BCUT2D eigenvalue weighted by Crippen LogP contribution is 2.13. The Kier molecular flexibility index (Phi) is 6.79. The van der Waals surface area contributed by atoms with E-state index in [4.69, 9.17) is 34.1 Å². The molecule has 0 bridgehead atoms. The van der Waals surface area contributed by atoms with Gasteiger partial charge in [0, 0.05) is 17.7 Å². The fourth-order valence-electron chi connectivity index (χ4n) is 1.15. The molecule has 0 saturated carbocycles. The van der Waals surface area contributed by atoms with Gasteiger partial charge in [-0.3, -0.25) is 18.7 Å². The highest BCUT2D eigenvalue weighted by molar-refractivity contribution is 7.79. The number of ketones is 1. The number of aliphatic carboxylic acids is 1. The normalized spacial score (nSPS) is 11.9. The van der Waals surface area contributed by atoms with Crippen LogP contribution in [0.5, 0.6) is 0 Å². The summed E-state index contributed by atoms with van der Waals surface area (Å²) in [7, 11) is -4.67. The van der Waals surface area contributed by atoms with Crippen LogP contribution in [-0.4, -0.2) is 40.4 Å². The van der Waals surface area contributed by atoms with Crippen LogP contribution in [0.2, 0.25) is 0 Å². The molecule has 7 N–H and O–H groups in total. The second-order valence-electron chi connectivity index (χ2n) is 3.61. The Morgan fingerprint density at radius 1 is 1.20 bits per heavy atom. The Hall–Kier alpha value is -2.01. The van der Waals surface area contributed by atoms with E-state index in [-0.39, 0.29) is 12.2 Å². The van der Waals surface area contributed by atoms with Crippen molar-refractivity contribution in [1.82, 2.24) is 0 Å². The molecule has 0 unspecified atom stereocenters. The smallest absolute Gasteiger partial charge is 0.394 e. The molecule has 112 valence electrons. The third-order valence-corrected chi connectivity index (χ3v) is 1.98. The number of carboxylic acid groups (broad SMARTS) is 1. The first-order chi connectivity index (χ1) is 9.02. The predicted molar refractivity (Wildman–Crippen MR) is 69.6 cm³/mol. The van der Waals surface area contributed by atoms with E-state index < -0.39 is 22.4 Å². The summed E-state index contributed by atoms with van der Waals surface area (Å²) in [6.07, 6.45) is -0.246. The summed E-state index contributed by atoms with van der Waals surface area (Å²) in [5.74, 6) is -1.55. The summed E-state index contributed by atoms with van der Waals surface area (Å²) in [5.41, 5.74) is 11.5. The van der Waals surface area contributed by atoms with Crippen molar-refractivity contribution in [3.05, 3.63) is 29.8 Å². The fraction of sp³-hybridized carbons (Fsp3) is 0.200. The average Bonchev–Trinajstić information content (AvgIpc) is 2.26. The predicted octanol–water partition coefficient (Wildman–Crippen LogP) is -0.399. The van der Waals surface area contributed by atoms with Crippen molar-refractivity contribution in [2.75, 3.05) is 5.73 Å². The van der Waals surface area contributed by atoms with Crippen LogP contribution in [-0.2, 0) is 15.2 Å². The zero-order valence-electron chi connectivity index (χ0n) is 10.1. The van der Waals surface area contributed by atoms with Gasteiger partial charge in [-0.25, -0.2) is 0 Å². The number of Topliss-reactive ketones (excluding diaryl/α,β-unsaturated/α-hetero) is 1. The van der Waals surface area contributed by atoms with Crippen molar-refractivity contribution >= 4 is 27.8 Å². The Morgan fingerprint density at radius 3 is 2.05 bits per heavy atom. The first-order valence-electron chi connectivity index (χ1n) is 5.08. The van der Waals surface area contributed by atoms with Gasteiger partial charge in [0.1, 0.15) is 6.04 Å². The number of benzene rings is 1. The van der Waals surface area contributed by atoms with E-state index in [9.17, 15) is 9.59 Å². The highest BCUT2D eigenvalue weighted by atomic mass is 32.3. The summed E-state index contributed by atoms with van der Waals surface area (Å²) >= 11 is 0. The third kappa shape index (κ3) is 8.16. The summed E-state index contributed by atoms with van der Waals surface area (Å²) in [5, 5.41) is 8.54. The van der Waals surface area contributed by atoms with Gasteiger partial charge in [0.05, 0.1) is 0 Å². The van der Waals surface area contributed by atoms with Gasteiger partial charge in [0.15, 0.2) is 5.78 Å². The number of anilines is 1. The molecule has 0 saturated heterocycles. The molecular formula is C10H14N2O7S. The maximum atomic E-state index is 11.6. The van der Waals surface area contributed by atoms with E-state index in [1.165, 1.54) is 0 Å². The van der Waals surface area contributed by atoms with Gasteiger partial charge in [0.2, 0.25) is 0 Å². The Balaban J connectivity index is 0.000000621. The summed E-state index contributed by atoms with van der Waals surface area (Å²) in [6, 6.07) is 5.31. The zero-order valence-corrected chi connectivity index (χ0v) is 10.9. The molecule has 10 heteroatoms. The number of carboxylic acids is 1. The van der Waals surface area contributed by atoms with Crippen LogP contribution >= 0.6 is 0 Å². The molecular weight excluding hydrogens is 292 g/mol. The highest BCUT2D eigenvalue weighted by Gasteiger charge is 2.18. The molecule has 1 aromatic carbocycles. The number of nitrogens with two attached hydrogens (primary N) is 2. The molecule has 0 heterocycles. The summed E-state index contributed by atoms with van der Waals surface area (Å²) in [4.78, 5) is 22.0. The molecule has 0 aromatic heterocycles. The van der Waals surface area contributed by atoms with Crippen molar-refractivity contribution in [1.29, 1.82) is 0 Å². The lowest BCUT2D eigenvalue weighted by atomic mass is 10.0. The topological polar surface area (TPSA) is 181 Å². The third-order valence-electron chi connectivity index (χ3n) is 1.98. The van der Waals surface area contributed by atoms with Crippen LogP contribution in [0, 0.1) is 0 Å². The van der Waals surface area contributed by atoms with Crippen LogP contribution < -0.4 is 11.5 Å². The average molecular weight is 306 g/mol. The minimum atomic E-state index is -4.67. The maximum Gasteiger partial charge on any atom is 0.394 e. The molecule has 0 aliphatic carbocycles. The Labute approximate surface area is 114 Å². The molecule has 0 fully saturated rings. The van der Waals surface area contributed by atoms with Gasteiger partial charge in [-0.15, -0.1) is 0 Å². The number of hydrogen-bond acceptors (Lipinski definition) is 6. The van der Waals surface area contributed by atoms with Crippen molar-refractivity contribution in [3.8, 4) is 0 Å². The van der Waals surface area contributed by atoms with E-state index in [0.29, 0.717) is 11.3 Å². The lowest BCUT2D eigenvalue weighted by Crippen LogP contribution is -2.32. The van der Waals surface area contributed by atoms with Gasteiger partial charge in [-0.1, -0.05) is 12.1 Å². The second kappa shape index (κ2) is 7.55. The molecule has 0 aliphatic rings. The molecule has 1 rings (SSSR count). The summed E-state index contributed by atoms with van der Waals surface area (Å²) in [6.45, 7) is 0. The van der Waals surface area contributed by atoms with Gasteiger partial charge in [-0.05, 0) is 12.1 Å². The molecule has 0 spiro atoms. The number of para-hydroxylation sites is 1. The second-order valence-corrected chi connectivity index (χ2v) is 4.50. The number of rotatable bonds is 4. The standard InChI is InChI=1S/C10H12N2O3.H2O4S/c11-7-4-2-1-3-6(7)9(13)5-8(12)10(14)15;1-5(2,3)4/h1-4,8H,5,11-12H2,(H,14,15);(H2,1,2,3,4)/t8-;/m0./s1. The van der Waals surface area contributed by atoms with Crippen LogP contribution in [0.1, 0.15) is 16.8 Å². The van der Waals surface area contributed by atoms with Crippen LogP contribution in [0.25, 0.3) is 0 Å². The van der Waals surface area contributed by atoms with Gasteiger partial charge >= 0.3 is 16.4 Å². The molecule has 0 radical (unpaired) electrons. The largest absolute Gasteiger partial charge is 0.480 e. The number of hydrogen-bond donors (Lipinski definition) is 5. The molecule has 20 heavy (non-hydrogen) atoms. The van der Waals surface area contributed by atoms with Gasteiger partial charge in [-0.2, -0.15) is 8.42 Å². The molecule has 1 atom stereocenters. The minimum Gasteiger partial charge on any atom is -0.480 e. The van der Waals surface area contributed by atoms with Crippen molar-refractivity contribution in [2.24, 2.45) is 5.73 Å². The lowest BCUT2D eigenvalue weighted by Gasteiger charge is -2.07. The number of carbonyl (C=O) groups excluding carboxylic acids is 1. The van der Waals surface area contributed by atoms with Gasteiger partial charge in [0.25, 0.3) is 0 Å². The lowest BCUT2D eigenvalue weighted by molar-refractivity contribution is -0.138. The van der Waals surface area contributed by atoms with Crippen molar-refractivity contribution in [2.45, 2.75) is 12.5 Å². The first-order valence-corrected chi connectivity index (χ1v) is 6.48. The van der Waals surface area contributed by atoms with Crippen LogP contribution in [0.3, 0.4) is 0 Å². The Morgan fingerprint density at radius 2 is 1.65 bits per heavy atom. The number of carbonyl (C=O) groups is 2. The van der Waals surface area contributed by atoms with Crippen molar-refractivity contribution < 1.29 is 32.2 Å². The van der Waals surface area contributed by atoms with Gasteiger partial charge < -0.3 is 16.6 Å². The van der Waals surface area contributed by atoms with E-state index in [2.05, 4.69) is 0 Å². The molecule has 0 aliphatic heterocycles. The first kappa shape index (κ1) is 18.0. The maximum absolute atomic E-state index is 11.6. The molecule has 9 nitrogen and oxygen atoms in total. The SMILES string of the molecule is Nc1ccccc1C(=O)C[C@H](N)C(=O)O.O=S(=O)(O)O. The summed E-state index contributed by atoms with van der Waals surface area (Å²) < 4.78 is 31.6. The fourth-order valence-corrected chi connectivity index (χ4v) is 1.15. The molecule has 0 amide bonds. The molecule has 1 aromatic rings. The zero-order chi connectivity index (χ0) is 15.9.